The van der Waals surface area contributed by atoms with Gasteiger partial charge < -0.3 is 5.73 Å². The minimum absolute atomic E-state index is 0.509. The summed E-state index contributed by atoms with van der Waals surface area (Å²) in [6.45, 7) is 4.75. The van der Waals surface area contributed by atoms with Crippen molar-refractivity contribution >= 4 is 23.4 Å². The van der Waals surface area contributed by atoms with Crippen LogP contribution < -0.4 is 5.73 Å². The van der Waals surface area contributed by atoms with Crippen molar-refractivity contribution in [3.8, 4) is 0 Å². The first-order valence-corrected chi connectivity index (χ1v) is 8.50. The molecule has 0 saturated carbocycles. The van der Waals surface area contributed by atoms with Crippen molar-refractivity contribution in [2.75, 3.05) is 0 Å². The molecule has 0 aliphatic carbocycles. The van der Waals surface area contributed by atoms with Gasteiger partial charge in [-0.3, -0.25) is 0 Å². The predicted molar refractivity (Wildman–Crippen MR) is 89.7 cm³/mol. The second-order valence-corrected chi connectivity index (χ2v) is 6.14. The van der Waals surface area contributed by atoms with Crippen LogP contribution in [0.1, 0.15) is 36.2 Å². The predicted octanol–water partition coefficient (Wildman–Crippen LogP) is 4.01. The molecule has 112 valence electrons. The van der Waals surface area contributed by atoms with Crippen molar-refractivity contribution in [1.29, 1.82) is 0 Å². The van der Waals surface area contributed by atoms with E-state index in [1.54, 1.807) is 11.8 Å². The molecule has 1 aromatic carbocycles. The maximum absolute atomic E-state index is 5.94. The van der Waals surface area contributed by atoms with Gasteiger partial charge in [0.15, 0.2) is 0 Å². The van der Waals surface area contributed by atoms with Crippen molar-refractivity contribution in [2.45, 2.75) is 44.0 Å². The maximum atomic E-state index is 5.94. The van der Waals surface area contributed by atoms with Gasteiger partial charge in [-0.25, -0.2) is 0 Å². The van der Waals surface area contributed by atoms with Crippen molar-refractivity contribution in [2.24, 2.45) is 5.73 Å². The normalized spacial score (nSPS) is 10.9. The monoisotopic (exact) mass is 321 g/mol. The zero-order valence-electron chi connectivity index (χ0n) is 12.4. The molecule has 2 N–H and O–H groups in total. The van der Waals surface area contributed by atoms with Crippen LogP contribution in [0.15, 0.2) is 29.3 Å². The van der Waals surface area contributed by atoms with Crippen LogP contribution in [-0.2, 0) is 25.1 Å². The number of aromatic nitrogens is 2. The molecule has 0 aliphatic heterocycles. The fraction of sp³-hybridized carbons (Fsp3) is 0.375. The Labute approximate surface area is 135 Å². The summed E-state index contributed by atoms with van der Waals surface area (Å²) in [4.78, 5) is 0. The Kier molecular flexibility index (Phi) is 6.03. The SMILES string of the molecule is CCc1nnc(SCc2ccc(Cl)cc2)c(CN)c1CC. The zero-order chi connectivity index (χ0) is 15.2. The third-order valence-corrected chi connectivity index (χ3v) is 4.74. The van der Waals surface area contributed by atoms with Gasteiger partial charge in [-0.2, -0.15) is 5.10 Å². The Balaban J connectivity index is 2.21. The number of benzene rings is 1. The molecule has 1 heterocycles. The van der Waals surface area contributed by atoms with E-state index >= 15 is 0 Å². The minimum atomic E-state index is 0.509. The van der Waals surface area contributed by atoms with Crippen LogP contribution in [0.25, 0.3) is 0 Å². The van der Waals surface area contributed by atoms with E-state index in [0.717, 1.165) is 39.9 Å². The van der Waals surface area contributed by atoms with Gasteiger partial charge in [0.1, 0.15) is 5.03 Å². The van der Waals surface area contributed by atoms with Gasteiger partial charge in [0.2, 0.25) is 0 Å². The smallest absolute Gasteiger partial charge is 0.124 e. The highest BCUT2D eigenvalue weighted by Gasteiger charge is 2.13. The molecule has 5 heteroatoms. The second kappa shape index (κ2) is 7.78. The molecule has 0 unspecified atom stereocenters. The summed E-state index contributed by atoms with van der Waals surface area (Å²) < 4.78 is 0. The van der Waals surface area contributed by atoms with Crippen molar-refractivity contribution in [3.05, 3.63) is 51.7 Å². The highest BCUT2D eigenvalue weighted by molar-refractivity contribution is 7.98. The van der Waals surface area contributed by atoms with E-state index in [4.69, 9.17) is 17.3 Å². The van der Waals surface area contributed by atoms with E-state index in [1.165, 1.54) is 11.1 Å². The standard InChI is InChI=1S/C16H20ClN3S/c1-3-13-14(9-18)16(20-19-15(13)4-2)21-10-11-5-7-12(17)8-6-11/h5-8H,3-4,9-10,18H2,1-2H3. The molecule has 21 heavy (non-hydrogen) atoms. The van der Waals surface area contributed by atoms with Gasteiger partial charge >= 0.3 is 0 Å². The molecule has 0 amide bonds. The number of aryl methyl sites for hydroxylation is 1. The summed E-state index contributed by atoms with van der Waals surface area (Å²) in [7, 11) is 0. The first-order valence-electron chi connectivity index (χ1n) is 7.14. The molecule has 2 aromatic rings. The van der Waals surface area contributed by atoms with Crippen LogP contribution in [0.4, 0.5) is 0 Å². The van der Waals surface area contributed by atoms with Crippen LogP contribution in [-0.4, -0.2) is 10.2 Å². The second-order valence-electron chi connectivity index (χ2n) is 4.74. The Hall–Kier alpha value is -1.10. The number of hydrogen-bond donors (Lipinski definition) is 1. The zero-order valence-corrected chi connectivity index (χ0v) is 14.0. The highest BCUT2D eigenvalue weighted by Crippen LogP contribution is 2.28. The van der Waals surface area contributed by atoms with Crippen LogP contribution in [0.5, 0.6) is 0 Å². The van der Waals surface area contributed by atoms with Crippen LogP contribution in [0.3, 0.4) is 0 Å². The van der Waals surface area contributed by atoms with Gasteiger partial charge in [0, 0.05) is 22.9 Å². The largest absolute Gasteiger partial charge is 0.326 e. The molecular formula is C16H20ClN3S. The Bertz CT molecular complexity index is 599. The first-order chi connectivity index (χ1) is 10.2. The molecule has 2 rings (SSSR count). The summed E-state index contributed by atoms with van der Waals surface area (Å²) in [5.41, 5.74) is 10.6. The number of thioether (sulfide) groups is 1. The highest BCUT2D eigenvalue weighted by atomic mass is 35.5. The summed E-state index contributed by atoms with van der Waals surface area (Å²) in [5.74, 6) is 0.841. The molecule has 3 nitrogen and oxygen atoms in total. The quantitative estimate of drug-likeness (QED) is 0.817. The van der Waals surface area contributed by atoms with Crippen molar-refractivity contribution in [1.82, 2.24) is 10.2 Å². The molecule has 0 saturated heterocycles. The number of nitrogens with two attached hydrogens (primary N) is 1. The average molecular weight is 322 g/mol. The van der Waals surface area contributed by atoms with Crippen LogP contribution in [0, 0.1) is 0 Å². The average Bonchev–Trinajstić information content (AvgIpc) is 2.53. The third-order valence-electron chi connectivity index (χ3n) is 3.41. The molecule has 0 atom stereocenters. The minimum Gasteiger partial charge on any atom is -0.326 e. The molecule has 0 bridgehead atoms. The topological polar surface area (TPSA) is 51.8 Å². The van der Waals surface area contributed by atoms with E-state index < -0.39 is 0 Å². The lowest BCUT2D eigenvalue weighted by Crippen LogP contribution is -2.10. The Morgan fingerprint density at radius 3 is 2.33 bits per heavy atom. The lowest BCUT2D eigenvalue weighted by Gasteiger charge is -2.13. The van der Waals surface area contributed by atoms with Gasteiger partial charge in [-0.1, -0.05) is 49.3 Å². The Morgan fingerprint density at radius 2 is 1.76 bits per heavy atom. The van der Waals surface area contributed by atoms with Gasteiger partial charge in [-0.05, 0) is 36.1 Å². The number of halogens is 1. The number of hydrogen-bond acceptors (Lipinski definition) is 4. The van der Waals surface area contributed by atoms with E-state index in [2.05, 4.69) is 24.0 Å². The third kappa shape index (κ3) is 3.96. The lowest BCUT2D eigenvalue weighted by molar-refractivity contribution is 0.782. The summed E-state index contributed by atoms with van der Waals surface area (Å²) in [5, 5.41) is 10.4. The van der Waals surface area contributed by atoms with E-state index in [-0.39, 0.29) is 0 Å². The summed E-state index contributed by atoms with van der Waals surface area (Å²) in [6, 6.07) is 7.88. The van der Waals surface area contributed by atoms with E-state index in [0.29, 0.717) is 6.54 Å². The summed E-state index contributed by atoms with van der Waals surface area (Å²) >= 11 is 7.59. The molecule has 0 aliphatic rings. The first kappa shape index (κ1) is 16.3. The van der Waals surface area contributed by atoms with Crippen LogP contribution >= 0.6 is 23.4 Å². The summed E-state index contributed by atoms with van der Waals surface area (Å²) in [6.07, 6.45) is 1.84. The van der Waals surface area contributed by atoms with Gasteiger partial charge in [0.05, 0.1) is 5.69 Å². The lowest BCUT2D eigenvalue weighted by atomic mass is 10.0. The van der Waals surface area contributed by atoms with Gasteiger partial charge in [-0.15, -0.1) is 5.10 Å². The van der Waals surface area contributed by atoms with E-state index in [1.807, 2.05) is 24.3 Å². The van der Waals surface area contributed by atoms with Crippen LogP contribution in [0.2, 0.25) is 5.02 Å². The fourth-order valence-electron chi connectivity index (χ4n) is 2.29. The molecule has 0 spiro atoms. The van der Waals surface area contributed by atoms with E-state index in [9.17, 15) is 0 Å². The van der Waals surface area contributed by atoms with Crippen molar-refractivity contribution in [3.63, 3.8) is 0 Å². The number of rotatable bonds is 6. The maximum Gasteiger partial charge on any atom is 0.124 e. The number of nitrogens with zero attached hydrogens (tertiary/aromatic N) is 2. The molecule has 1 aromatic heterocycles. The van der Waals surface area contributed by atoms with Crippen molar-refractivity contribution < 1.29 is 0 Å². The van der Waals surface area contributed by atoms with Gasteiger partial charge in [0.25, 0.3) is 0 Å². The molecule has 0 fully saturated rings. The molecule has 0 radical (unpaired) electrons. The Morgan fingerprint density at radius 1 is 1.05 bits per heavy atom. The fourth-order valence-corrected chi connectivity index (χ4v) is 3.39. The molecular weight excluding hydrogens is 302 g/mol.